The molecule has 0 unspecified atom stereocenters. The standard InChI is InChI=1S/C28H29N/c1-6-10-21(7-2)22-14-16-23(17-15-22)29-26-12-9-8-11-24(26)28(4,5)25-19-20(3)13-18-27(25)29/h7-19H,2,6H2,1,3-5H3/b21-10+. The molecule has 1 aliphatic heterocycles. The monoisotopic (exact) mass is 379 g/mol. The zero-order chi connectivity index (χ0) is 20.6. The van der Waals surface area contributed by atoms with Crippen molar-refractivity contribution < 1.29 is 0 Å². The maximum atomic E-state index is 3.97. The fourth-order valence-corrected chi connectivity index (χ4v) is 4.44. The Hall–Kier alpha value is -3.06. The van der Waals surface area contributed by atoms with E-state index in [1.165, 1.54) is 44.9 Å². The predicted molar refractivity (Wildman–Crippen MR) is 126 cm³/mol. The second-order valence-corrected chi connectivity index (χ2v) is 8.32. The highest BCUT2D eigenvalue weighted by Crippen LogP contribution is 2.51. The van der Waals surface area contributed by atoms with E-state index in [-0.39, 0.29) is 5.41 Å². The van der Waals surface area contributed by atoms with Crippen LogP contribution in [0.5, 0.6) is 0 Å². The van der Waals surface area contributed by atoms with Gasteiger partial charge in [0.15, 0.2) is 0 Å². The highest BCUT2D eigenvalue weighted by molar-refractivity contribution is 5.86. The van der Waals surface area contributed by atoms with Crippen molar-refractivity contribution in [3.05, 3.63) is 108 Å². The Morgan fingerprint density at radius 2 is 1.62 bits per heavy atom. The van der Waals surface area contributed by atoms with Crippen LogP contribution in [-0.4, -0.2) is 0 Å². The number of benzene rings is 3. The molecule has 0 bridgehead atoms. The number of fused-ring (bicyclic) bond motifs is 2. The Bertz CT molecular complexity index is 1080. The summed E-state index contributed by atoms with van der Waals surface area (Å²) < 4.78 is 0. The Morgan fingerprint density at radius 3 is 2.31 bits per heavy atom. The summed E-state index contributed by atoms with van der Waals surface area (Å²) in [5.41, 5.74) is 10.1. The second-order valence-electron chi connectivity index (χ2n) is 8.32. The highest BCUT2D eigenvalue weighted by atomic mass is 15.2. The fraction of sp³-hybridized carbons (Fsp3) is 0.214. The molecule has 1 nitrogen and oxygen atoms in total. The van der Waals surface area contributed by atoms with Gasteiger partial charge in [-0.25, -0.2) is 0 Å². The molecule has 1 heteroatoms. The molecule has 146 valence electrons. The van der Waals surface area contributed by atoms with Crippen molar-refractivity contribution in [2.45, 2.75) is 39.5 Å². The molecule has 0 fully saturated rings. The first-order valence-corrected chi connectivity index (χ1v) is 10.4. The first kappa shape index (κ1) is 19.3. The molecule has 0 atom stereocenters. The molecule has 0 N–H and O–H groups in total. The minimum atomic E-state index is -0.0335. The normalized spacial score (nSPS) is 14.9. The zero-order valence-electron chi connectivity index (χ0n) is 17.9. The summed E-state index contributed by atoms with van der Waals surface area (Å²) in [6.07, 6.45) is 5.17. The lowest BCUT2D eigenvalue weighted by Gasteiger charge is -2.42. The third kappa shape index (κ3) is 3.21. The van der Waals surface area contributed by atoms with Gasteiger partial charge in [-0.1, -0.05) is 87.5 Å². The number of allylic oxidation sites excluding steroid dienone is 3. The number of hydrogen-bond acceptors (Lipinski definition) is 1. The van der Waals surface area contributed by atoms with Crippen LogP contribution >= 0.6 is 0 Å². The topological polar surface area (TPSA) is 3.24 Å². The quantitative estimate of drug-likeness (QED) is 0.414. The minimum Gasteiger partial charge on any atom is -0.310 e. The molecule has 0 radical (unpaired) electrons. The minimum absolute atomic E-state index is 0.0335. The molecule has 29 heavy (non-hydrogen) atoms. The molecule has 0 saturated carbocycles. The van der Waals surface area contributed by atoms with Crippen LogP contribution in [0.3, 0.4) is 0 Å². The number of nitrogens with zero attached hydrogens (tertiary/aromatic N) is 1. The zero-order valence-corrected chi connectivity index (χ0v) is 17.9. The lowest BCUT2D eigenvalue weighted by atomic mass is 9.73. The molecule has 0 spiro atoms. The third-order valence-corrected chi connectivity index (χ3v) is 5.99. The summed E-state index contributed by atoms with van der Waals surface area (Å²) in [5.74, 6) is 0. The molecule has 3 aromatic carbocycles. The van der Waals surface area contributed by atoms with Gasteiger partial charge in [0.25, 0.3) is 0 Å². The van der Waals surface area contributed by atoms with Crippen molar-refractivity contribution in [2.75, 3.05) is 4.90 Å². The van der Waals surface area contributed by atoms with Crippen LogP contribution in [0.2, 0.25) is 0 Å². The SMILES string of the molecule is C=C/C(=C\CC)c1ccc(N2c3ccccc3C(C)(C)c3cc(C)ccc32)cc1. The van der Waals surface area contributed by atoms with E-state index in [1.54, 1.807) is 0 Å². The highest BCUT2D eigenvalue weighted by Gasteiger charge is 2.36. The number of rotatable bonds is 4. The second kappa shape index (κ2) is 7.40. The lowest BCUT2D eigenvalue weighted by molar-refractivity contribution is 0.631. The lowest BCUT2D eigenvalue weighted by Crippen LogP contribution is -2.30. The third-order valence-electron chi connectivity index (χ3n) is 5.99. The molecular weight excluding hydrogens is 350 g/mol. The fourth-order valence-electron chi connectivity index (χ4n) is 4.44. The Balaban J connectivity index is 1.89. The van der Waals surface area contributed by atoms with E-state index in [0.29, 0.717) is 0 Å². The first-order chi connectivity index (χ1) is 14.0. The molecule has 0 amide bonds. The predicted octanol–water partition coefficient (Wildman–Crippen LogP) is 8.08. The van der Waals surface area contributed by atoms with Crippen LogP contribution in [0.1, 0.15) is 49.4 Å². The van der Waals surface area contributed by atoms with Crippen LogP contribution in [0.15, 0.2) is 85.5 Å². The van der Waals surface area contributed by atoms with Crippen LogP contribution < -0.4 is 4.90 Å². The van der Waals surface area contributed by atoms with E-state index in [2.05, 4.69) is 112 Å². The van der Waals surface area contributed by atoms with Crippen LogP contribution in [-0.2, 0) is 5.41 Å². The molecule has 0 aromatic heterocycles. The summed E-state index contributed by atoms with van der Waals surface area (Å²) in [6, 6.07) is 24.5. The van der Waals surface area contributed by atoms with Crippen molar-refractivity contribution in [2.24, 2.45) is 0 Å². The number of para-hydroxylation sites is 1. The van der Waals surface area contributed by atoms with Crippen molar-refractivity contribution >= 4 is 22.6 Å². The molecule has 0 saturated heterocycles. The number of anilines is 3. The van der Waals surface area contributed by atoms with E-state index in [1.807, 2.05) is 6.08 Å². The van der Waals surface area contributed by atoms with Crippen molar-refractivity contribution in [3.8, 4) is 0 Å². The van der Waals surface area contributed by atoms with Gasteiger partial charge in [-0.2, -0.15) is 0 Å². The smallest absolute Gasteiger partial charge is 0.0502 e. The summed E-state index contributed by atoms with van der Waals surface area (Å²) in [6.45, 7) is 13.0. The Kier molecular flexibility index (Phi) is 4.92. The molecule has 3 aromatic rings. The van der Waals surface area contributed by atoms with Gasteiger partial charge in [-0.15, -0.1) is 0 Å². The van der Waals surface area contributed by atoms with E-state index < -0.39 is 0 Å². The van der Waals surface area contributed by atoms with Gasteiger partial charge in [0, 0.05) is 11.1 Å². The van der Waals surface area contributed by atoms with Gasteiger partial charge in [-0.3, -0.25) is 0 Å². The Labute approximate surface area is 175 Å². The Morgan fingerprint density at radius 1 is 0.931 bits per heavy atom. The van der Waals surface area contributed by atoms with Gasteiger partial charge >= 0.3 is 0 Å². The summed E-state index contributed by atoms with van der Waals surface area (Å²) in [5, 5.41) is 0. The average Bonchev–Trinajstić information content (AvgIpc) is 2.73. The van der Waals surface area contributed by atoms with Gasteiger partial charge in [0.2, 0.25) is 0 Å². The van der Waals surface area contributed by atoms with Crippen molar-refractivity contribution in [1.82, 2.24) is 0 Å². The van der Waals surface area contributed by atoms with E-state index in [9.17, 15) is 0 Å². The van der Waals surface area contributed by atoms with E-state index in [0.717, 1.165) is 6.42 Å². The summed E-state index contributed by atoms with van der Waals surface area (Å²) in [4.78, 5) is 2.40. The largest absolute Gasteiger partial charge is 0.310 e. The van der Waals surface area contributed by atoms with E-state index in [4.69, 9.17) is 0 Å². The molecule has 1 heterocycles. The average molecular weight is 380 g/mol. The molecule has 0 aliphatic carbocycles. The van der Waals surface area contributed by atoms with Crippen LogP contribution in [0.4, 0.5) is 17.1 Å². The van der Waals surface area contributed by atoms with Crippen LogP contribution in [0.25, 0.3) is 5.57 Å². The van der Waals surface area contributed by atoms with Crippen LogP contribution in [0, 0.1) is 6.92 Å². The van der Waals surface area contributed by atoms with Gasteiger partial charge < -0.3 is 4.90 Å². The maximum absolute atomic E-state index is 3.97. The summed E-state index contributed by atoms with van der Waals surface area (Å²) >= 11 is 0. The first-order valence-electron chi connectivity index (χ1n) is 10.4. The van der Waals surface area contributed by atoms with Gasteiger partial charge in [-0.05, 0) is 59.9 Å². The number of hydrogen-bond donors (Lipinski definition) is 0. The van der Waals surface area contributed by atoms with E-state index >= 15 is 0 Å². The van der Waals surface area contributed by atoms with Crippen molar-refractivity contribution in [1.29, 1.82) is 0 Å². The summed E-state index contributed by atoms with van der Waals surface area (Å²) in [7, 11) is 0. The van der Waals surface area contributed by atoms with Gasteiger partial charge in [0.05, 0.1) is 11.4 Å². The van der Waals surface area contributed by atoms with Gasteiger partial charge in [0.1, 0.15) is 0 Å². The number of aryl methyl sites for hydroxylation is 1. The maximum Gasteiger partial charge on any atom is 0.0502 e. The van der Waals surface area contributed by atoms with Crippen molar-refractivity contribution in [3.63, 3.8) is 0 Å². The molecule has 1 aliphatic rings. The molecular formula is C28H29N. The molecule has 4 rings (SSSR count).